The molecule has 0 spiro atoms. The summed E-state index contributed by atoms with van der Waals surface area (Å²) in [5.74, 6) is 0.0331. The van der Waals surface area contributed by atoms with Gasteiger partial charge in [0.1, 0.15) is 12.3 Å². The highest BCUT2D eigenvalue weighted by molar-refractivity contribution is 5.98. The highest BCUT2D eigenvalue weighted by Crippen LogP contribution is 2.23. The largest absolute Gasteiger partial charge is 0.497 e. The molecule has 1 heterocycles. The van der Waals surface area contributed by atoms with Gasteiger partial charge in [0.25, 0.3) is 5.91 Å². The molecule has 2 amide bonds. The molecule has 0 aromatic heterocycles. The van der Waals surface area contributed by atoms with Crippen LogP contribution in [0.25, 0.3) is 0 Å². The predicted octanol–water partition coefficient (Wildman–Crippen LogP) is 2.22. The van der Waals surface area contributed by atoms with Crippen LogP contribution in [-0.4, -0.2) is 48.6 Å². The van der Waals surface area contributed by atoms with E-state index in [1.807, 2.05) is 26.0 Å². The van der Waals surface area contributed by atoms with E-state index in [9.17, 15) is 14.7 Å². The molecule has 142 valence electrons. The van der Waals surface area contributed by atoms with E-state index in [4.69, 9.17) is 4.74 Å². The quantitative estimate of drug-likeness (QED) is 0.898. The van der Waals surface area contributed by atoms with Crippen molar-refractivity contribution in [1.29, 1.82) is 0 Å². The summed E-state index contributed by atoms with van der Waals surface area (Å²) in [7, 11) is 1.55. The Morgan fingerprint density at radius 1 is 1.07 bits per heavy atom. The van der Waals surface area contributed by atoms with Crippen molar-refractivity contribution in [3.05, 3.63) is 59.2 Å². The van der Waals surface area contributed by atoms with Crippen molar-refractivity contribution in [2.75, 3.05) is 31.6 Å². The van der Waals surface area contributed by atoms with Gasteiger partial charge in [0, 0.05) is 18.8 Å². The summed E-state index contributed by atoms with van der Waals surface area (Å²) in [6, 6.07) is 12.7. The van der Waals surface area contributed by atoms with Gasteiger partial charge >= 0.3 is 0 Å². The maximum atomic E-state index is 12.6. The van der Waals surface area contributed by atoms with Crippen LogP contribution < -0.4 is 9.64 Å². The highest BCUT2D eigenvalue weighted by atomic mass is 16.5. The van der Waals surface area contributed by atoms with E-state index < -0.39 is 12.0 Å². The van der Waals surface area contributed by atoms with Gasteiger partial charge in [-0.15, -0.1) is 0 Å². The molecule has 0 bridgehead atoms. The molecule has 1 saturated heterocycles. The van der Waals surface area contributed by atoms with E-state index in [1.165, 1.54) is 4.90 Å². The van der Waals surface area contributed by atoms with Crippen molar-refractivity contribution in [3.8, 4) is 5.75 Å². The summed E-state index contributed by atoms with van der Waals surface area (Å²) in [4.78, 5) is 28.3. The fourth-order valence-corrected chi connectivity index (χ4v) is 3.34. The number of piperazine rings is 1. The van der Waals surface area contributed by atoms with Gasteiger partial charge in [-0.2, -0.15) is 0 Å². The number of amides is 2. The molecule has 3 rings (SSSR count). The molecule has 1 fully saturated rings. The molecule has 2 aromatic carbocycles. The van der Waals surface area contributed by atoms with Gasteiger partial charge in [0.05, 0.1) is 7.11 Å². The van der Waals surface area contributed by atoms with Gasteiger partial charge in [0.15, 0.2) is 6.10 Å². The van der Waals surface area contributed by atoms with E-state index >= 15 is 0 Å². The van der Waals surface area contributed by atoms with E-state index in [1.54, 1.807) is 36.3 Å². The van der Waals surface area contributed by atoms with Crippen LogP contribution in [-0.2, 0) is 9.59 Å². The molecule has 1 N–H and O–H groups in total. The summed E-state index contributed by atoms with van der Waals surface area (Å²) >= 11 is 0. The van der Waals surface area contributed by atoms with Gasteiger partial charge in [-0.05, 0) is 54.8 Å². The van der Waals surface area contributed by atoms with Crippen LogP contribution in [0, 0.1) is 13.8 Å². The monoisotopic (exact) mass is 368 g/mol. The summed E-state index contributed by atoms with van der Waals surface area (Å²) < 4.78 is 5.08. The van der Waals surface area contributed by atoms with Crippen LogP contribution in [0.1, 0.15) is 22.8 Å². The number of anilines is 1. The first-order chi connectivity index (χ1) is 12.9. The smallest absolute Gasteiger partial charge is 0.256 e. The molecule has 1 aliphatic rings. The fourth-order valence-electron chi connectivity index (χ4n) is 3.34. The van der Waals surface area contributed by atoms with E-state index in [2.05, 4.69) is 6.07 Å². The Hall–Kier alpha value is -2.86. The molecule has 1 atom stereocenters. The predicted molar refractivity (Wildman–Crippen MR) is 103 cm³/mol. The number of rotatable bonds is 4. The van der Waals surface area contributed by atoms with Crippen LogP contribution in [0.3, 0.4) is 0 Å². The van der Waals surface area contributed by atoms with Crippen LogP contribution in [0.2, 0.25) is 0 Å². The van der Waals surface area contributed by atoms with Crippen molar-refractivity contribution in [1.82, 2.24) is 4.90 Å². The zero-order valence-corrected chi connectivity index (χ0v) is 15.8. The van der Waals surface area contributed by atoms with Crippen LogP contribution >= 0.6 is 0 Å². The van der Waals surface area contributed by atoms with Crippen molar-refractivity contribution in [2.24, 2.45) is 0 Å². The number of hydrogen-bond donors (Lipinski definition) is 1. The zero-order valence-electron chi connectivity index (χ0n) is 15.8. The van der Waals surface area contributed by atoms with Crippen LogP contribution in [0.15, 0.2) is 42.5 Å². The van der Waals surface area contributed by atoms with Crippen LogP contribution in [0.5, 0.6) is 5.75 Å². The average molecular weight is 368 g/mol. The Morgan fingerprint density at radius 3 is 2.26 bits per heavy atom. The van der Waals surface area contributed by atoms with Crippen molar-refractivity contribution >= 4 is 17.5 Å². The third kappa shape index (κ3) is 4.11. The molecule has 6 nitrogen and oxygen atoms in total. The molecule has 0 saturated carbocycles. The number of methoxy groups -OCH3 is 1. The average Bonchev–Trinajstić information content (AvgIpc) is 2.66. The van der Waals surface area contributed by atoms with Crippen molar-refractivity contribution < 1.29 is 19.4 Å². The molecule has 0 aliphatic carbocycles. The molecule has 0 radical (unpaired) electrons. The molecular weight excluding hydrogens is 344 g/mol. The Morgan fingerprint density at radius 2 is 1.70 bits per heavy atom. The third-order valence-electron chi connectivity index (χ3n) is 4.72. The highest BCUT2D eigenvalue weighted by Gasteiger charge is 2.31. The Bertz CT molecular complexity index is 828. The van der Waals surface area contributed by atoms with Crippen molar-refractivity contribution in [3.63, 3.8) is 0 Å². The normalized spacial score (nSPS) is 15.6. The number of carbonyl (C=O) groups excluding carboxylic acids is 2. The first-order valence-electron chi connectivity index (χ1n) is 8.88. The number of aliphatic hydroxyl groups is 1. The van der Waals surface area contributed by atoms with E-state index in [-0.39, 0.29) is 12.5 Å². The van der Waals surface area contributed by atoms with Crippen LogP contribution in [0.4, 0.5) is 5.69 Å². The third-order valence-corrected chi connectivity index (χ3v) is 4.72. The van der Waals surface area contributed by atoms with Crippen molar-refractivity contribution in [2.45, 2.75) is 20.0 Å². The summed E-state index contributed by atoms with van der Waals surface area (Å²) in [6.07, 6.45) is -1.29. The van der Waals surface area contributed by atoms with E-state index in [0.29, 0.717) is 24.4 Å². The molecule has 1 unspecified atom stereocenters. The first-order valence-corrected chi connectivity index (χ1v) is 8.88. The standard InChI is InChI=1S/C21H24N2O4/c1-14-10-15(2)12-17(11-14)23-9-8-22(13-19(23)24)21(26)20(25)16-4-6-18(27-3)7-5-16/h4-7,10-12,20,25H,8-9,13H2,1-3H3. The minimum atomic E-state index is -1.29. The summed E-state index contributed by atoms with van der Waals surface area (Å²) in [5.41, 5.74) is 3.50. The molecule has 1 aliphatic heterocycles. The fraction of sp³-hybridized carbons (Fsp3) is 0.333. The molecule has 2 aromatic rings. The Kier molecular flexibility index (Phi) is 5.46. The second kappa shape index (κ2) is 7.80. The van der Waals surface area contributed by atoms with Gasteiger partial charge < -0.3 is 19.6 Å². The topological polar surface area (TPSA) is 70.1 Å². The second-order valence-electron chi connectivity index (χ2n) is 6.83. The number of carbonyl (C=O) groups is 2. The maximum absolute atomic E-state index is 12.6. The van der Waals surface area contributed by atoms with Gasteiger partial charge in [-0.3, -0.25) is 9.59 Å². The lowest BCUT2D eigenvalue weighted by atomic mass is 10.1. The van der Waals surface area contributed by atoms with Gasteiger partial charge in [-0.25, -0.2) is 0 Å². The number of nitrogens with zero attached hydrogens (tertiary/aromatic N) is 2. The lowest BCUT2D eigenvalue weighted by molar-refractivity contribution is -0.144. The number of ether oxygens (including phenoxy) is 1. The zero-order chi connectivity index (χ0) is 19.6. The summed E-state index contributed by atoms with van der Waals surface area (Å²) in [5, 5.41) is 10.4. The maximum Gasteiger partial charge on any atom is 0.256 e. The Labute approximate surface area is 159 Å². The Balaban J connectivity index is 1.69. The SMILES string of the molecule is COc1ccc(C(O)C(=O)N2CCN(c3cc(C)cc(C)c3)C(=O)C2)cc1. The number of aliphatic hydroxyl groups excluding tert-OH is 1. The van der Waals surface area contributed by atoms with E-state index in [0.717, 1.165) is 16.8 Å². The first kappa shape index (κ1) is 18.9. The molecular formula is C21H24N2O4. The number of hydrogen-bond acceptors (Lipinski definition) is 4. The lowest BCUT2D eigenvalue weighted by Gasteiger charge is -2.35. The lowest BCUT2D eigenvalue weighted by Crippen LogP contribution is -2.53. The van der Waals surface area contributed by atoms with Gasteiger partial charge in [-0.1, -0.05) is 18.2 Å². The van der Waals surface area contributed by atoms with Gasteiger partial charge in [0.2, 0.25) is 5.91 Å². The molecule has 27 heavy (non-hydrogen) atoms. The number of aryl methyl sites for hydroxylation is 2. The second-order valence-corrected chi connectivity index (χ2v) is 6.83. The summed E-state index contributed by atoms with van der Waals surface area (Å²) in [6.45, 7) is 4.73. The minimum Gasteiger partial charge on any atom is -0.497 e. The minimum absolute atomic E-state index is 0.0426. The molecule has 6 heteroatoms. The number of benzene rings is 2.